The monoisotopic (exact) mass is 239 g/mol. The van der Waals surface area contributed by atoms with Crippen LogP contribution >= 0.6 is 23.5 Å². The molecule has 0 amide bonds. The first-order chi connectivity index (χ1) is 7.38. The summed E-state index contributed by atoms with van der Waals surface area (Å²) in [5, 5.41) is 3.62. The average molecular weight is 239 g/mol. The van der Waals surface area contributed by atoms with Crippen molar-refractivity contribution < 1.29 is 0 Å². The van der Waals surface area contributed by atoms with Crippen molar-refractivity contribution in [3.8, 4) is 0 Å². The first-order valence-corrected chi connectivity index (χ1v) is 7.75. The van der Waals surface area contributed by atoms with Gasteiger partial charge in [-0.1, -0.05) is 6.07 Å². The van der Waals surface area contributed by atoms with Gasteiger partial charge < -0.3 is 5.32 Å². The Labute approximate surface area is 100 Å². The molecule has 1 heterocycles. The lowest BCUT2D eigenvalue weighted by Crippen LogP contribution is -2.25. The molecule has 82 valence electrons. The zero-order valence-corrected chi connectivity index (χ0v) is 10.7. The van der Waals surface area contributed by atoms with Gasteiger partial charge in [0.25, 0.3) is 0 Å². The molecule has 0 bridgehead atoms. The zero-order chi connectivity index (χ0) is 10.5. The molecule has 1 N–H and O–H groups in total. The second-order valence-electron chi connectivity index (χ2n) is 3.79. The topological polar surface area (TPSA) is 12.0 Å². The second-order valence-corrected chi connectivity index (χ2v) is 5.82. The summed E-state index contributed by atoms with van der Waals surface area (Å²) in [4.78, 5) is 1.34. The van der Waals surface area contributed by atoms with Crippen molar-refractivity contribution in [3.05, 3.63) is 24.3 Å². The number of nitrogens with one attached hydrogen (secondary N) is 1. The molecular formula is C12H17NS2. The quantitative estimate of drug-likeness (QED) is 0.808. The summed E-state index contributed by atoms with van der Waals surface area (Å²) >= 11 is 3.86. The van der Waals surface area contributed by atoms with Crippen molar-refractivity contribution in [1.29, 1.82) is 0 Å². The Morgan fingerprint density at radius 2 is 2.40 bits per heavy atom. The SMILES string of the molecule is CSc1cccc(N[C@H]2CCCSC2)c1. The summed E-state index contributed by atoms with van der Waals surface area (Å²) in [5.41, 5.74) is 1.27. The Morgan fingerprint density at radius 3 is 3.13 bits per heavy atom. The Hall–Kier alpha value is -0.280. The minimum absolute atomic E-state index is 0.667. The van der Waals surface area contributed by atoms with Crippen LogP contribution in [0.4, 0.5) is 5.69 Å². The van der Waals surface area contributed by atoms with Crippen LogP contribution in [0, 0.1) is 0 Å². The molecule has 1 atom stereocenters. The maximum Gasteiger partial charge on any atom is 0.0353 e. The minimum Gasteiger partial charge on any atom is -0.381 e. The predicted molar refractivity (Wildman–Crippen MR) is 72.2 cm³/mol. The van der Waals surface area contributed by atoms with Crippen LogP contribution in [0.2, 0.25) is 0 Å². The van der Waals surface area contributed by atoms with Gasteiger partial charge in [0.1, 0.15) is 0 Å². The van der Waals surface area contributed by atoms with Crippen LogP contribution in [0.25, 0.3) is 0 Å². The number of thioether (sulfide) groups is 2. The number of hydrogen-bond acceptors (Lipinski definition) is 3. The van der Waals surface area contributed by atoms with Gasteiger partial charge in [0, 0.05) is 22.4 Å². The summed E-state index contributed by atoms with van der Waals surface area (Å²) in [5.74, 6) is 2.59. The first-order valence-electron chi connectivity index (χ1n) is 5.37. The van der Waals surface area contributed by atoms with Crippen molar-refractivity contribution in [2.24, 2.45) is 0 Å². The summed E-state index contributed by atoms with van der Waals surface area (Å²) in [6, 6.07) is 9.36. The van der Waals surface area contributed by atoms with Crippen LogP contribution in [0.1, 0.15) is 12.8 Å². The summed E-state index contributed by atoms with van der Waals surface area (Å²) in [7, 11) is 0. The Bertz CT molecular complexity index is 308. The second kappa shape index (κ2) is 5.71. The molecule has 1 aliphatic rings. The van der Waals surface area contributed by atoms with Crippen LogP contribution in [-0.2, 0) is 0 Å². The smallest absolute Gasteiger partial charge is 0.0353 e. The van der Waals surface area contributed by atoms with E-state index in [2.05, 4.69) is 47.6 Å². The third-order valence-electron chi connectivity index (χ3n) is 2.60. The molecule has 1 nitrogen and oxygen atoms in total. The number of hydrogen-bond donors (Lipinski definition) is 1. The maximum atomic E-state index is 3.62. The molecular weight excluding hydrogens is 222 g/mol. The van der Waals surface area contributed by atoms with E-state index in [4.69, 9.17) is 0 Å². The molecule has 1 aromatic carbocycles. The standard InChI is InChI=1S/C12H17NS2/c1-14-12-6-2-4-10(8-12)13-11-5-3-7-15-9-11/h2,4,6,8,11,13H,3,5,7,9H2,1H3/t11-/m0/s1. The fourth-order valence-corrected chi connectivity index (χ4v) is 3.33. The van der Waals surface area contributed by atoms with Crippen LogP contribution in [0.15, 0.2) is 29.2 Å². The van der Waals surface area contributed by atoms with Crippen LogP contribution in [0.3, 0.4) is 0 Å². The fourth-order valence-electron chi connectivity index (χ4n) is 1.80. The van der Waals surface area contributed by atoms with E-state index in [1.165, 1.54) is 34.9 Å². The summed E-state index contributed by atoms with van der Waals surface area (Å²) < 4.78 is 0. The zero-order valence-electron chi connectivity index (χ0n) is 9.03. The molecule has 0 aliphatic carbocycles. The van der Waals surface area contributed by atoms with Crippen LogP contribution in [-0.4, -0.2) is 23.8 Å². The Morgan fingerprint density at radius 1 is 1.47 bits per heavy atom. The van der Waals surface area contributed by atoms with E-state index in [0.29, 0.717) is 6.04 Å². The summed E-state index contributed by atoms with van der Waals surface area (Å²) in [6.45, 7) is 0. The van der Waals surface area contributed by atoms with Gasteiger partial charge in [-0.05, 0) is 43.0 Å². The first kappa shape index (κ1) is 11.2. The molecule has 1 aliphatic heterocycles. The maximum absolute atomic E-state index is 3.62. The molecule has 3 heteroatoms. The van der Waals surface area contributed by atoms with Crippen molar-refractivity contribution in [2.45, 2.75) is 23.8 Å². The van der Waals surface area contributed by atoms with Gasteiger partial charge in [0.2, 0.25) is 0 Å². The number of rotatable bonds is 3. The van der Waals surface area contributed by atoms with Gasteiger partial charge >= 0.3 is 0 Å². The van der Waals surface area contributed by atoms with E-state index in [-0.39, 0.29) is 0 Å². The Balaban J connectivity index is 1.96. The van der Waals surface area contributed by atoms with E-state index in [9.17, 15) is 0 Å². The van der Waals surface area contributed by atoms with Gasteiger partial charge in [-0.25, -0.2) is 0 Å². The van der Waals surface area contributed by atoms with Crippen molar-refractivity contribution >= 4 is 29.2 Å². The number of anilines is 1. The Kier molecular flexibility index (Phi) is 4.27. The third-order valence-corrected chi connectivity index (χ3v) is 4.54. The van der Waals surface area contributed by atoms with E-state index in [1.54, 1.807) is 11.8 Å². The molecule has 1 fully saturated rings. The molecule has 1 saturated heterocycles. The fraction of sp³-hybridized carbons (Fsp3) is 0.500. The lowest BCUT2D eigenvalue weighted by atomic mass is 10.2. The predicted octanol–water partition coefficient (Wildman–Crippen LogP) is 3.72. The average Bonchev–Trinajstić information content (AvgIpc) is 2.31. The molecule has 0 radical (unpaired) electrons. The minimum atomic E-state index is 0.667. The molecule has 0 unspecified atom stereocenters. The van der Waals surface area contributed by atoms with Gasteiger partial charge in [-0.15, -0.1) is 11.8 Å². The molecule has 0 spiro atoms. The largest absolute Gasteiger partial charge is 0.381 e. The van der Waals surface area contributed by atoms with Crippen LogP contribution in [0.5, 0.6) is 0 Å². The highest BCUT2D eigenvalue weighted by molar-refractivity contribution is 7.99. The highest BCUT2D eigenvalue weighted by Crippen LogP contribution is 2.23. The van der Waals surface area contributed by atoms with E-state index in [0.717, 1.165) is 0 Å². The molecule has 2 rings (SSSR count). The van der Waals surface area contributed by atoms with E-state index >= 15 is 0 Å². The van der Waals surface area contributed by atoms with Crippen molar-refractivity contribution in [3.63, 3.8) is 0 Å². The molecule has 0 saturated carbocycles. The van der Waals surface area contributed by atoms with Crippen molar-refractivity contribution in [2.75, 3.05) is 23.1 Å². The normalized spacial score (nSPS) is 21.3. The van der Waals surface area contributed by atoms with Crippen molar-refractivity contribution in [1.82, 2.24) is 0 Å². The highest BCUT2D eigenvalue weighted by Gasteiger charge is 2.12. The van der Waals surface area contributed by atoms with Gasteiger partial charge in [0.15, 0.2) is 0 Å². The molecule has 1 aromatic rings. The van der Waals surface area contributed by atoms with Gasteiger partial charge in [0.05, 0.1) is 0 Å². The lowest BCUT2D eigenvalue weighted by molar-refractivity contribution is 0.685. The van der Waals surface area contributed by atoms with Gasteiger partial charge in [-0.2, -0.15) is 11.8 Å². The van der Waals surface area contributed by atoms with Crippen LogP contribution < -0.4 is 5.32 Å². The molecule has 15 heavy (non-hydrogen) atoms. The van der Waals surface area contributed by atoms with Gasteiger partial charge in [-0.3, -0.25) is 0 Å². The van der Waals surface area contributed by atoms with E-state index in [1.807, 2.05) is 0 Å². The highest BCUT2D eigenvalue weighted by atomic mass is 32.2. The lowest BCUT2D eigenvalue weighted by Gasteiger charge is -2.23. The summed E-state index contributed by atoms with van der Waals surface area (Å²) in [6.07, 6.45) is 4.79. The third kappa shape index (κ3) is 3.35. The van der Waals surface area contributed by atoms with E-state index < -0.39 is 0 Å². The number of benzene rings is 1. The molecule has 0 aromatic heterocycles.